The number of halogens is 1. The van der Waals surface area contributed by atoms with Gasteiger partial charge in [-0.25, -0.2) is 13.1 Å². The zero-order chi connectivity index (χ0) is 16.8. The maximum absolute atomic E-state index is 12.9. The number of hydrogen-bond acceptors (Lipinski definition) is 3. The maximum atomic E-state index is 12.9. The van der Waals surface area contributed by atoms with Crippen LogP contribution >= 0.6 is 11.6 Å². The average molecular weight is 364 g/mol. The third-order valence-corrected chi connectivity index (χ3v) is 6.69. The van der Waals surface area contributed by atoms with Crippen molar-refractivity contribution in [1.29, 1.82) is 0 Å². The van der Waals surface area contributed by atoms with Gasteiger partial charge in [-0.3, -0.25) is 0 Å². The lowest BCUT2D eigenvalue weighted by Crippen LogP contribution is -2.50. The minimum absolute atomic E-state index is 0.298. The Bertz CT molecular complexity index is 874. The van der Waals surface area contributed by atoms with E-state index in [2.05, 4.69) is 4.72 Å². The molecule has 0 radical (unpaired) electrons. The molecular formula is C18H18ClNO3S. The smallest absolute Gasteiger partial charge is 0.241 e. The van der Waals surface area contributed by atoms with Gasteiger partial charge in [0.2, 0.25) is 10.0 Å². The van der Waals surface area contributed by atoms with E-state index >= 15 is 0 Å². The van der Waals surface area contributed by atoms with Crippen molar-refractivity contribution in [2.45, 2.75) is 36.1 Å². The zero-order valence-electron chi connectivity index (χ0n) is 13.1. The molecule has 1 aliphatic heterocycles. The largest absolute Gasteiger partial charge is 0.493 e. The lowest BCUT2D eigenvalue weighted by atomic mass is 9.73. The molecular weight excluding hydrogens is 346 g/mol. The number of benzene rings is 2. The highest BCUT2D eigenvalue weighted by atomic mass is 35.5. The minimum Gasteiger partial charge on any atom is -0.493 e. The molecule has 0 amide bonds. The molecule has 4 rings (SSSR count). The first-order valence-electron chi connectivity index (χ1n) is 8.04. The van der Waals surface area contributed by atoms with Crippen molar-refractivity contribution >= 4 is 21.6 Å². The van der Waals surface area contributed by atoms with Crippen LogP contribution < -0.4 is 9.46 Å². The molecule has 1 N–H and O–H groups in total. The van der Waals surface area contributed by atoms with Crippen LogP contribution in [0, 0.1) is 0 Å². The summed E-state index contributed by atoms with van der Waals surface area (Å²) in [7, 11) is -3.60. The summed E-state index contributed by atoms with van der Waals surface area (Å²) in [6.45, 7) is 0.612. The summed E-state index contributed by atoms with van der Waals surface area (Å²) in [6.07, 6.45) is 3.34. The lowest BCUT2D eigenvalue weighted by Gasteiger charge is -2.42. The van der Waals surface area contributed by atoms with E-state index in [0.717, 1.165) is 42.6 Å². The van der Waals surface area contributed by atoms with Gasteiger partial charge in [-0.15, -0.1) is 0 Å². The van der Waals surface area contributed by atoms with Crippen molar-refractivity contribution in [3.63, 3.8) is 0 Å². The molecule has 4 nitrogen and oxygen atoms in total. The number of rotatable bonds is 4. The van der Waals surface area contributed by atoms with E-state index in [1.54, 1.807) is 30.3 Å². The molecule has 0 spiro atoms. The Morgan fingerprint density at radius 2 is 1.83 bits per heavy atom. The predicted octanol–water partition coefficient (Wildman–Crippen LogP) is 3.63. The van der Waals surface area contributed by atoms with Gasteiger partial charge in [0, 0.05) is 11.4 Å². The fraction of sp³-hybridized carbons (Fsp3) is 0.333. The summed E-state index contributed by atoms with van der Waals surface area (Å²) in [5.41, 5.74) is 1.39. The van der Waals surface area contributed by atoms with Crippen molar-refractivity contribution in [2.24, 2.45) is 0 Å². The van der Waals surface area contributed by atoms with Crippen LogP contribution in [0.3, 0.4) is 0 Å². The molecule has 0 saturated heterocycles. The molecule has 1 aliphatic carbocycles. The zero-order valence-corrected chi connectivity index (χ0v) is 14.7. The second kappa shape index (κ2) is 5.76. The molecule has 0 unspecified atom stereocenters. The van der Waals surface area contributed by atoms with Gasteiger partial charge in [0.05, 0.1) is 17.0 Å². The summed E-state index contributed by atoms with van der Waals surface area (Å²) in [5, 5.41) is 0.648. The average Bonchev–Trinajstić information content (AvgIpc) is 2.99. The molecule has 1 heterocycles. The number of fused-ring (bicyclic) bond motifs is 1. The topological polar surface area (TPSA) is 55.4 Å². The van der Waals surface area contributed by atoms with Gasteiger partial charge in [0.15, 0.2) is 0 Å². The Morgan fingerprint density at radius 1 is 1.08 bits per heavy atom. The van der Waals surface area contributed by atoms with E-state index in [0.29, 0.717) is 16.5 Å². The fourth-order valence-corrected chi connectivity index (χ4v) is 5.02. The number of nitrogens with one attached hydrogen (secondary N) is 1. The molecule has 2 aromatic carbocycles. The van der Waals surface area contributed by atoms with Gasteiger partial charge in [-0.05, 0) is 60.7 Å². The van der Waals surface area contributed by atoms with E-state index < -0.39 is 15.6 Å². The van der Waals surface area contributed by atoms with Gasteiger partial charge in [-0.2, -0.15) is 0 Å². The summed E-state index contributed by atoms with van der Waals surface area (Å²) in [6, 6.07) is 12.5. The van der Waals surface area contributed by atoms with Crippen molar-refractivity contribution in [1.82, 2.24) is 4.72 Å². The van der Waals surface area contributed by atoms with E-state index in [4.69, 9.17) is 16.3 Å². The van der Waals surface area contributed by atoms with Crippen LogP contribution in [0.2, 0.25) is 5.02 Å². The predicted molar refractivity (Wildman–Crippen MR) is 92.9 cm³/mol. The monoisotopic (exact) mass is 363 g/mol. The minimum atomic E-state index is -3.60. The van der Waals surface area contributed by atoms with Crippen LogP contribution in [-0.2, 0) is 22.0 Å². The standard InChI is InChI=1S/C18H18ClNO3S/c19-15-4-2-14(3-5-15)18(9-1-10-18)20-24(21,22)16-6-7-17-13(12-16)8-11-23-17/h2-7,12,20H,1,8-11H2. The molecule has 2 aromatic rings. The van der Waals surface area contributed by atoms with Gasteiger partial charge in [-0.1, -0.05) is 23.7 Å². The van der Waals surface area contributed by atoms with Crippen molar-refractivity contribution in [3.05, 3.63) is 58.6 Å². The highest BCUT2D eigenvalue weighted by Crippen LogP contribution is 2.43. The summed E-state index contributed by atoms with van der Waals surface area (Å²) < 4.78 is 34.2. The Kier molecular flexibility index (Phi) is 3.82. The van der Waals surface area contributed by atoms with Crippen LogP contribution in [0.15, 0.2) is 47.4 Å². The van der Waals surface area contributed by atoms with Crippen LogP contribution in [0.25, 0.3) is 0 Å². The van der Waals surface area contributed by atoms with Crippen LogP contribution in [0.5, 0.6) is 5.75 Å². The molecule has 2 aliphatic rings. The van der Waals surface area contributed by atoms with E-state index in [1.165, 1.54) is 0 Å². The Hall–Kier alpha value is -1.56. The fourth-order valence-electron chi connectivity index (χ4n) is 3.40. The molecule has 0 aromatic heterocycles. The van der Waals surface area contributed by atoms with E-state index in [9.17, 15) is 8.42 Å². The second-order valence-electron chi connectivity index (χ2n) is 6.42. The molecule has 6 heteroatoms. The first-order valence-corrected chi connectivity index (χ1v) is 9.90. The third-order valence-electron chi connectivity index (χ3n) is 4.90. The van der Waals surface area contributed by atoms with Gasteiger partial charge in [0.25, 0.3) is 0 Å². The highest BCUT2D eigenvalue weighted by molar-refractivity contribution is 7.89. The summed E-state index contributed by atoms with van der Waals surface area (Å²) in [4.78, 5) is 0.298. The van der Waals surface area contributed by atoms with Crippen LogP contribution in [-0.4, -0.2) is 15.0 Å². The van der Waals surface area contributed by atoms with Gasteiger partial charge < -0.3 is 4.74 Å². The molecule has 1 saturated carbocycles. The first kappa shape index (κ1) is 15.9. The second-order valence-corrected chi connectivity index (χ2v) is 8.53. The van der Waals surface area contributed by atoms with Crippen molar-refractivity contribution in [2.75, 3.05) is 6.61 Å². The normalized spacial score (nSPS) is 18.5. The molecule has 24 heavy (non-hydrogen) atoms. The maximum Gasteiger partial charge on any atom is 0.241 e. The SMILES string of the molecule is O=S(=O)(NC1(c2ccc(Cl)cc2)CCC1)c1ccc2c(c1)CCO2. The van der Waals surface area contributed by atoms with Crippen LogP contribution in [0.1, 0.15) is 30.4 Å². The molecule has 0 atom stereocenters. The number of ether oxygens (including phenoxy) is 1. The Morgan fingerprint density at radius 3 is 2.50 bits per heavy atom. The highest BCUT2D eigenvalue weighted by Gasteiger charge is 2.42. The van der Waals surface area contributed by atoms with Gasteiger partial charge in [0.1, 0.15) is 5.75 Å². The molecule has 126 valence electrons. The quantitative estimate of drug-likeness (QED) is 0.902. The summed E-state index contributed by atoms with van der Waals surface area (Å²) in [5.74, 6) is 0.782. The third kappa shape index (κ3) is 2.70. The number of sulfonamides is 1. The van der Waals surface area contributed by atoms with Gasteiger partial charge >= 0.3 is 0 Å². The van der Waals surface area contributed by atoms with Crippen LogP contribution in [0.4, 0.5) is 0 Å². The first-order chi connectivity index (χ1) is 11.5. The molecule has 0 bridgehead atoms. The van der Waals surface area contributed by atoms with E-state index in [-0.39, 0.29) is 0 Å². The Labute approximate surface area is 146 Å². The number of hydrogen-bond donors (Lipinski definition) is 1. The van der Waals surface area contributed by atoms with Crippen molar-refractivity contribution < 1.29 is 13.2 Å². The van der Waals surface area contributed by atoms with Crippen molar-refractivity contribution in [3.8, 4) is 5.75 Å². The summed E-state index contributed by atoms with van der Waals surface area (Å²) >= 11 is 5.96. The lowest BCUT2D eigenvalue weighted by molar-refractivity contribution is 0.224. The Balaban J connectivity index is 1.66. The van der Waals surface area contributed by atoms with E-state index in [1.807, 2.05) is 12.1 Å². The molecule has 1 fully saturated rings.